The van der Waals surface area contributed by atoms with Crippen LogP contribution in [0.15, 0.2) is 17.1 Å². The van der Waals surface area contributed by atoms with Crippen molar-refractivity contribution in [3.8, 4) is 0 Å². The SMILES string of the molecule is CCNC(=NCCCNS(C)(=O)=O)NCCN1C(=O)C2C3C=CC(C3)C2C1=O. The summed E-state index contributed by atoms with van der Waals surface area (Å²) in [5.74, 6) is 0.638. The number of carbonyl (C=O) groups is 2. The summed E-state index contributed by atoms with van der Waals surface area (Å²) in [6.07, 6.45) is 6.81. The van der Waals surface area contributed by atoms with Crippen LogP contribution < -0.4 is 15.4 Å². The Morgan fingerprint density at radius 3 is 2.36 bits per heavy atom. The van der Waals surface area contributed by atoms with Gasteiger partial charge in [-0.1, -0.05) is 12.2 Å². The van der Waals surface area contributed by atoms with E-state index < -0.39 is 10.0 Å². The number of rotatable bonds is 9. The number of aliphatic imine (C=N–C) groups is 1. The smallest absolute Gasteiger partial charge is 0.233 e. The number of hydrogen-bond donors (Lipinski definition) is 3. The number of amides is 2. The van der Waals surface area contributed by atoms with Crippen LogP contribution in [0.4, 0.5) is 0 Å². The van der Waals surface area contributed by atoms with Crippen LogP contribution >= 0.6 is 0 Å². The van der Waals surface area contributed by atoms with Crippen LogP contribution in [-0.2, 0) is 19.6 Å². The van der Waals surface area contributed by atoms with Crippen LogP contribution in [0.1, 0.15) is 19.8 Å². The fourth-order valence-electron chi connectivity index (χ4n) is 4.34. The van der Waals surface area contributed by atoms with E-state index >= 15 is 0 Å². The molecule has 0 aromatic rings. The van der Waals surface area contributed by atoms with Gasteiger partial charge in [-0.15, -0.1) is 0 Å². The van der Waals surface area contributed by atoms with Gasteiger partial charge in [-0.05, 0) is 31.6 Å². The predicted octanol–water partition coefficient (Wildman–Crippen LogP) is -0.712. The van der Waals surface area contributed by atoms with Gasteiger partial charge in [0.05, 0.1) is 18.1 Å². The quantitative estimate of drug-likeness (QED) is 0.152. The fourth-order valence-corrected chi connectivity index (χ4v) is 4.85. The Hall–Kier alpha value is -1.94. The number of nitrogens with zero attached hydrogens (tertiary/aromatic N) is 2. The monoisotopic (exact) mass is 411 g/mol. The number of fused-ring (bicyclic) bond motifs is 5. The molecule has 2 bridgehead atoms. The van der Waals surface area contributed by atoms with Crippen molar-refractivity contribution in [3.63, 3.8) is 0 Å². The molecule has 0 aromatic heterocycles. The molecule has 0 spiro atoms. The van der Waals surface area contributed by atoms with Crippen molar-refractivity contribution < 1.29 is 18.0 Å². The van der Waals surface area contributed by atoms with Crippen molar-refractivity contribution in [2.24, 2.45) is 28.7 Å². The van der Waals surface area contributed by atoms with E-state index in [1.807, 2.05) is 6.92 Å². The van der Waals surface area contributed by atoms with Crippen molar-refractivity contribution in [3.05, 3.63) is 12.2 Å². The maximum Gasteiger partial charge on any atom is 0.233 e. The second-order valence-electron chi connectivity index (χ2n) is 7.54. The van der Waals surface area contributed by atoms with Gasteiger partial charge in [0.2, 0.25) is 21.8 Å². The first-order chi connectivity index (χ1) is 13.3. The molecule has 2 fully saturated rings. The van der Waals surface area contributed by atoms with E-state index in [1.54, 1.807) is 0 Å². The van der Waals surface area contributed by atoms with Gasteiger partial charge in [-0.3, -0.25) is 19.5 Å². The van der Waals surface area contributed by atoms with Gasteiger partial charge in [0.15, 0.2) is 5.96 Å². The summed E-state index contributed by atoms with van der Waals surface area (Å²) in [6.45, 7) is 4.15. The van der Waals surface area contributed by atoms with E-state index in [2.05, 4.69) is 32.5 Å². The summed E-state index contributed by atoms with van der Waals surface area (Å²) in [5.41, 5.74) is 0. The molecule has 3 N–H and O–H groups in total. The highest BCUT2D eigenvalue weighted by Crippen LogP contribution is 2.52. The first-order valence-electron chi connectivity index (χ1n) is 9.82. The van der Waals surface area contributed by atoms with Gasteiger partial charge in [-0.25, -0.2) is 13.1 Å². The Labute approximate surface area is 166 Å². The highest BCUT2D eigenvalue weighted by Gasteiger charge is 2.58. The number of guanidine groups is 1. The molecule has 1 saturated heterocycles. The van der Waals surface area contributed by atoms with E-state index in [-0.39, 0.29) is 35.5 Å². The average Bonchev–Trinajstić information content (AvgIpc) is 3.29. The Kier molecular flexibility index (Phi) is 6.39. The molecule has 1 aliphatic heterocycles. The lowest BCUT2D eigenvalue weighted by molar-refractivity contribution is -0.140. The topological polar surface area (TPSA) is 120 Å². The molecule has 10 heteroatoms. The van der Waals surface area contributed by atoms with Gasteiger partial charge < -0.3 is 10.6 Å². The molecule has 2 amide bonds. The summed E-state index contributed by atoms with van der Waals surface area (Å²) in [6, 6.07) is 0. The highest BCUT2D eigenvalue weighted by molar-refractivity contribution is 7.88. The number of likely N-dealkylation sites (tertiary alicyclic amines) is 1. The third-order valence-corrected chi connectivity index (χ3v) is 6.23. The summed E-state index contributed by atoms with van der Waals surface area (Å²) >= 11 is 0. The van der Waals surface area contributed by atoms with Gasteiger partial charge >= 0.3 is 0 Å². The van der Waals surface area contributed by atoms with E-state index in [9.17, 15) is 18.0 Å². The Morgan fingerprint density at radius 1 is 1.14 bits per heavy atom. The largest absolute Gasteiger partial charge is 0.357 e. The van der Waals surface area contributed by atoms with Crippen LogP contribution in [-0.4, -0.2) is 70.1 Å². The van der Waals surface area contributed by atoms with E-state index in [0.717, 1.165) is 12.7 Å². The lowest BCUT2D eigenvalue weighted by Crippen LogP contribution is -2.43. The van der Waals surface area contributed by atoms with Crippen LogP contribution in [0, 0.1) is 23.7 Å². The van der Waals surface area contributed by atoms with Gasteiger partial charge in [-0.2, -0.15) is 0 Å². The molecule has 28 heavy (non-hydrogen) atoms. The summed E-state index contributed by atoms with van der Waals surface area (Å²) in [5, 5.41) is 6.24. The Morgan fingerprint density at radius 2 is 1.79 bits per heavy atom. The van der Waals surface area contributed by atoms with E-state index in [4.69, 9.17) is 0 Å². The van der Waals surface area contributed by atoms with Crippen LogP contribution in [0.25, 0.3) is 0 Å². The van der Waals surface area contributed by atoms with Crippen LogP contribution in [0.3, 0.4) is 0 Å². The third-order valence-electron chi connectivity index (χ3n) is 5.50. The molecule has 4 unspecified atom stereocenters. The van der Waals surface area contributed by atoms with Crippen molar-refractivity contribution >= 4 is 27.8 Å². The number of carbonyl (C=O) groups excluding carboxylic acids is 2. The lowest BCUT2D eigenvalue weighted by atomic mass is 9.85. The van der Waals surface area contributed by atoms with Crippen LogP contribution in [0.2, 0.25) is 0 Å². The number of allylic oxidation sites excluding steroid dienone is 2. The number of nitrogens with one attached hydrogen (secondary N) is 3. The van der Waals surface area contributed by atoms with Crippen molar-refractivity contribution in [1.29, 1.82) is 0 Å². The minimum Gasteiger partial charge on any atom is -0.357 e. The number of imide groups is 1. The van der Waals surface area contributed by atoms with E-state index in [0.29, 0.717) is 45.1 Å². The van der Waals surface area contributed by atoms with Gasteiger partial charge in [0.1, 0.15) is 0 Å². The first kappa shape index (κ1) is 20.8. The normalized spacial score (nSPS) is 28.9. The molecular weight excluding hydrogens is 382 g/mol. The van der Waals surface area contributed by atoms with E-state index in [1.165, 1.54) is 4.90 Å². The maximum absolute atomic E-state index is 12.7. The highest BCUT2D eigenvalue weighted by atomic mass is 32.2. The van der Waals surface area contributed by atoms with Gasteiger partial charge in [0, 0.05) is 32.7 Å². The minimum absolute atomic E-state index is 0.0394. The first-order valence-corrected chi connectivity index (χ1v) is 11.7. The maximum atomic E-state index is 12.7. The fraction of sp³-hybridized carbons (Fsp3) is 0.722. The second-order valence-corrected chi connectivity index (χ2v) is 9.37. The zero-order valence-electron chi connectivity index (χ0n) is 16.3. The Bertz CT molecular complexity index is 749. The standard InChI is InChI=1S/C18H29N5O4S/c1-3-19-18(20-7-4-8-22-28(2,26)27)21-9-10-23-16(24)14-12-5-6-13(11-12)15(14)17(23)25/h5-6,12-15,22H,3-4,7-11H2,1-2H3,(H2,19,20,21). The van der Waals surface area contributed by atoms with Crippen molar-refractivity contribution in [2.45, 2.75) is 19.8 Å². The zero-order valence-corrected chi connectivity index (χ0v) is 17.2. The lowest BCUT2D eigenvalue weighted by Gasteiger charge is -2.18. The van der Waals surface area contributed by atoms with Crippen LogP contribution in [0.5, 0.6) is 0 Å². The molecule has 2 aliphatic carbocycles. The molecule has 0 radical (unpaired) electrons. The molecular formula is C18H29N5O4S. The van der Waals surface area contributed by atoms with Crippen molar-refractivity contribution in [1.82, 2.24) is 20.3 Å². The van der Waals surface area contributed by atoms with Gasteiger partial charge in [0.25, 0.3) is 0 Å². The number of sulfonamides is 1. The number of hydrogen-bond acceptors (Lipinski definition) is 5. The molecule has 0 aromatic carbocycles. The molecule has 156 valence electrons. The summed E-state index contributed by atoms with van der Waals surface area (Å²) in [7, 11) is -3.18. The minimum atomic E-state index is -3.18. The third kappa shape index (κ3) is 4.54. The molecule has 1 heterocycles. The molecule has 3 aliphatic rings. The zero-order chi connectivity index (χ0) is 20.3. The molecule has 3 rings (SSSR count). The second kappa shape index (κ2) is 8.60. The molecule has 1 saturated carbocycles. The molecule has 9 nitrogen and oxygen atoms in total. The average molecular weight is 412 g/mol. The molecule has 4 atom stereocenters. The summed E-state index contributed by atoms with van der Waals surface area (Å²) < 4.78 is 24.5. The Balaban J connectivity index is 1.45. The summed E-state index contributed by atoms with van der Waals surface area (Å²) in [4.78, 5) is 31.1. The predicted molar refractivity (Wildman–Crippen MR) is 106 cm³/mol. The van der Waals surface area contributed by atoms with Crippen molar-refractivity contribution in [2.75, 3.05) is 39.0 Å².